The summed E-state index contributed by atoms with van der Waals surface area (Å²) in [6, 6.07) is 7.69. The summed E-state index contributed by atoms with van der Waals surface area (Å²) in [6.45, 7) is 2.85. The number of hydrogen-bond donors (Lipinski definition) is 1. The van der Waals surface area contributed by atoms with Crippen molar-refractivity contribution in [1.29, 1.82) is 0 Å². The molecule has 8 nitrogen and oxygen atoms in total. The van der Waals surface area contributed by atoms with Crippen LogP contribution in [-0.4, -0.2) is 31.5 Å². The number of amides is 1. The van der Waals surface area contributed by atoms with Gasteiger partial charge in [-0.2, -0.15) is 0 Å². The molecule has 1 atom stereocenters. The summed E-state index contributed by atoms with van der Waals surface area (Å²) in [6.07, 6.45) is 0.929. The summed E-state index contributed by atoms with van der Waals surface area (Å²) in [4.78, 5) is 23.1. The summed E-state index contributed by atoms with van der Waals surface area (Å²) in [5.41, 5.74) is 0.403. The SMILES string of the molecule is Cc1c(NC(=O)[C@H](C)N(c2ccc(F)cc2)S(C)(=O)=O)cccc1[N+](=O)[O-]. The van der Waals surface area contributed by atoms with Crippen LogP contribution < -0.4 is 9.62 Å². The lowest BCUT2D eigenvalue weighted by Crippen LogP contribution is -2.45. The van der Waals surface area contributed by atoms with Crippen LogP contribution in [0.15, 0.2) is 42.5 Å². The topological polar surface area (TPSA) is 110 Å². The van der Waals surface area contributed by atoms with Crippen molar-refractivity contribution < 1.29 is 22.5 Å². The molecule has 0 saturated heterocycles. The molecule has 10 heteroatoms. The zero-order valence-electron chi connectivity index (χ0n) is 14.8. The number of carbonyl (C=O) groups is 1. The number of sulfonamides is 1. The Morgan fingerprint density at radius 2 is 1.81 bits per heavy atom. The highest BCUT2D eigenvalue weighted by Gasteiger charge is 2.29. The predicted octanol–water partition coefficient (Wildman–Crippen LogP) is 2.84. The first-order chi connectivity index (χ1) is 12.5. The molecule has 144 valence electrons. The highest BCUT2D eigenvalue weighted by molar-refractivity contribution is 7.92. The van der Waals surface area contributed by atoms with Crippen LogP contribution in [0.4, 0.5) is 21.5 Å². The number of rotatable bonds is 6. The van der Waals surface area contributed by atoms with Crippen molar-refractivity contribution in [3.63, 3.8) is 0 Å². The van der Waals surface area contributed by atoms with Gasteiger partial charge in [-0.3, -0.25) is 19.2 Å². The van der Waals surface area contributed by atoms with E-state index in [4.69, 9.17) is 0 Å². The number of nitrogens with one attached hydrogen (secondary N) is 1. The van der Waals surface area contributed by atoms with E-state index in [9.17, 15) is 27.7 Å². The molecule has 0 heterocycles. The van der Waals surface area contributed by atoms with Gasteiger partial charge in [0.2, 0.25) is 15.9 Å². The molecule has 2 aromatic rings. The van der Waals surface area contributed by atoms with Crippen LogP contribution in [0.1, 0.15) is 12.5 Å². The molecule has 0 aliphatic carbocycles. The number of benzene rings is 2. The van der Waals surface area contributed by atoms with Gasteiger partial charge in [0.1, 0.15) is 11.9 Å². The van der Waals surface area contributed by atoms with Gasteiger partial charge in [-0.15, -0.1) is 0 Å². The average Bonchev–Trinajstić information content (AvgIpc) is 2.57. The number of nitrogens with zero attached hydrogens (tertiary/aromatic N) is 2. The third kappa shape index (κ3) is 4.59. The summed E-state index contributed by atoms with van der Waals surface area (Å²) in [7, 11) is -3.86. The monoisotopic (exact) mass is 395 g/mol. The Morgan fingerprint density at radius 3 is 2.33 bits per heavy atom. The third-order valence-corrected chi connectivity index (χ3v) is 5.17. The minimum Gasteiger partial charge on any atom is -0.324 e. The lowest BCUT2D eigenvalue weighted by Gasteiger charge is -2.28. The van der Waals surface area contributed by atoms with Crippen LogP contribution in [-0.2, 0) is 14.8 Å². The van der Waals surface area contributed by atoms with E-state index in [2.05, 4.69) is 5.32 Å². The molecule has 27 heavy (non-hydrogen) atoms. The lowest BCUT2D eigenvalue weighted by atomic mass is 10.1. The van der Waals surface area contributed by atoms with Crippen LogP contribution in [0.25, 0.3) is 0 Å². The van der Waals surface area contributed by atoms with E-state index >= 15 is 0 Å². The van der Waals surface area contributed by atoms with Gasteiger partial charge >= 0.3 is 0 Å². The zero-order chi connectivity index (χ0) is 20.4. The first kappa shape index (κ1) is 20.3. The second-order valence-electron chi connectivity index (χ2n) is 5.91. The quantitative estimate of drug-likeness (QED) is 0.597. The molecule has 2 rings (SSSR count). The first-order valence-electron chi connectivity index (χ1n) is 7.82. The molecule has 0 fully saturated rings. The Morgan fingerprint density at radius 1 is 1.22 bits per heavy atom. The van der Waals surface area contributed by atoms with Crippen LogP contribution in [0.3, 0.4) is 0 Å². The number of nitro groups is 1. The molecule has 0 radical (unpaired) electrons. The fraction of sp³-hybridized carbons (Fsp3) is 0.235. The minimum absolute atomic E-state index is 0.123. The number of hydrogen-bond acceptors (Lipinski definition) is 5. The van der Waals surface area contributed by atoms with Gasteiger partial charge in [0, 0.05) is 6.07 Å². The smallest absolute Gasteiger partial charge is 0.274 e. The Kier molecular flexibility index (Phi) is 5.79. The van der Waals surface area contributed by atoms with Crippen molar-refractivity contribution in [2.24, 2.45) is 0 Å². The van der Waals surface area contributed by atoms with Gasteiger partial charge in [0.05, 0.1) is 28.1 Å². The highest BCUT2D eigenvalue weighted by atomic mass is 32.2. The molecule has 0 aliphatic heterocycles. The maximum Gasteiger partial charge on any atom is 0.274 e. The van der Waals surface area contributed by atoms with Crippen molar-refractivity contribution in [3.8, 4) is 0 Å². The summed E-state index contributed by atoms with van der Waals surface area (Å²) in [5.74, 6) is -1.23. The van der Waals surface area contributed by atoms with E-state index in [0.29, 0.717) is 0 Å². The molecule has 0 saturated carbocycles. The van der Waals surface area contributed by atoms with E-state index < -0.39 is 32.7 Å². The second-order valence-corrected chi connectivity index (χ2v) is 7.77. The van der Waals surface area contributed by atoms with Gasteiger partial charge < -0.3 is 5.32 Å². The zero-order valence-corrected chi connectivity index (χ0v) is 15.7. The molecule has 0 spiro atoms. The molecular formula is C17H18FN3O5S. The number of carbonyl (C=O) groups excluding carboxylic acids is 1. The number of nitro benzene ring substituents is 1. The van der Waals surface area contributed by atoms with Gasteiger partial charge in [0.15, 0.2) is 0 Å². The van der Waals surface area contributed by atoms with Crippen LogP contribution in [0.2, 0.25) is 0 Å². The largest absolute Gasteiger partial charge is 0.324 e. The minimum atomic E-state index is -3.86. The summed E-state index contributed by atoms with van der Waals surface area (Å²) in [5, 5.41) is 13.5. The molecule has 0 unspecified atom stereocenters. The molecule has 1 amide bonds. The fourth-order valence-corrected chi connectivity index (χ4v) is 3.77. The Bertz CT molecular complexity index is 977. The summed E-state index contributed by atoms with van der Waals surface area (Å²) >= 11 is 0. The maximum absolute atomic E-state index is 13.1. The van der Waals surface area contributed by atoms with Gasteiger partial charge in [-0.25, -0.2) is 12.8 Å². The van der Waals surface area contributed by atoms with E-state index in [0.717, 1.165) is 22.7 Å². The standard InChI is InChI=1S/C17H18FN3O5S/c1-11-15(5-4-6-16(11)21(23)24)19-17(22)12(2)20(27(3,25)26)14-9-7-13(18)8-10-14/h4-10,12H,1-3H3,(H,19,22)/t12-/m0/s1. The van der Waals surface area contributed by atoms with E-state index in [1.165, 1.54) is 44.2 Å². The van der Waals surface area contributed by atoms with E-state index in [1.54, 1.807) is 0 Å². The third-order valence-electron chi connectivity index (χ3n) is 3.93. The van der Waals surface area contributed by atoms with Crippen molar-refractivity contribution in [2.75, 3.05) is 15.9 Å². The Hall–Kier alpha value is -3.01. The van der Waals surface area contributed by atoms with Crippen LogP contribution in [0.5, 0.6) is 0 Å². The maximum atomic E-state index is 13.1. The molecule has 1 N–H and O–H groups in total. The Balaban J connectivity index is 2.35. The average molecular weight is 395 g/mol. The normalized spacial score (nSPS) is 12.3. The fourth-order valence-electron chi connectivity index (χ4n) is 2.59. The molecule has 0 aliphatic rings. The Labute approximate surface area is 155 Å². The van der Waals surface area contributed by atoms with Crippen molar-refractivity contribution in [1.82, 2.24) is 0 Å². The van der Waals surface area contributed by atoms with E-state index in [1.807, 2.05) is 0 Å². The lowest BCUT2D eigenvalue weighted by molar-refractivity contribution is -0.385. The molecular weight excluding hydrogens is 377 g/mol. The van der Waals surface area contributed by atoms with Crippen molar-refractivity contribution >= 4 is 33.0 Å². The summed E-state index contributed by atoms with van der Waals surface area (Å²) < 4.78 is 38.4. The van der Waals surface area contributed by atoms with Gasteiger partial charge in [-0.1, -0.05) is 6.07 Å². The number of halogens is 1. The van der Waals surface area contributed by atoms with Crippen molar-refractivity contribution in [2.45, 2.75) is 19.9 Å². The highest BCUT2D eigenvalue weighted by Crippen LogP contribution is 2.26. The second kappa shape index (κ2) is 7.70. The van der Waals surface area contributed by atoms with Gasteiger partial charge in [0.25, 0.3) is 5.69 Å². The predicted molar refractivity (Wildman–Crippen MR) is 99.6 cm³/mol. The molecule has 0 bridgehead atoms. The van der Waals surface area contributed by atoms with Crippen molar-refractivity contribution in [3.05, 3.63) is 64.0 Å². The van der Waals surface area contributed by atoms with Crippen LogP contribution >= 0.6 is 0 Å². The number of anilines is 2. The first-order valence-corrected chi connectivity index (χ1v) is 9.67. The van der Waals surface area contributed by atoms with Crippen LogP contribution in [0, 0.1) is 22.9 Å². The van der Waals surface area contributed by atoms with E-state index in [-0.39, 0.29) is 22.6 Å². The van der Waals surface area contributed by atoms with Gasteiger partial charge in [-0.05, 0) is 44.2 Å². The molecule has 2 aromatic carbocycles. The molecule has 0 aromatic heterocycles.